The number of amides is 2. The highest BCUT2D eigenvalue weighted by Gasteiger charge is 2.13. The van der Waals surface area contributed by atoms with E-state index in [1.54, 1.807) is 25.1 Å². The second kappa shape index (κ2) is 8.19. The summed E-state index contributed by atoms with van der Waals surface area (Å²) in [5.41, 5.74) is 1.50. The van der Waals surface area contributed by atoms with Gasteiger partial charge in [0, 0.05) is 17.8 Å². The molecule has 1 aromatic carbocycles. The predicted octanol–water partition coefficient (Wildman–Crippen LogP) is 2.12. The minimum absolute atomic E-state index is 0.00634. The maximum atomic E-state index is 12.2. The van der Waals surface area contributed by atoms with Gasteiger partial charge in [0.1, 0.15) is 5.69 Å². The topological polar surface area (TPSA) is 121 Å². The van der Waals surface area contributed by atoms with Crippen LogP contribution in [0.3, 0.4) is 0 Å². The number of nitrogens with zero attached hydrogens (tertiary/aromatic N) is 2. The largest absolute Gasteiger partial charge is 0.476 e. The number of aromatic nitrogens is 2. The Bertz CT molecular complexity index is 832. The molecule has 0 fully saturated rings. The van der Waals surface area contributed by atoms with Gasteiger partial charge in [-0.2, -0.15) is 0 Å². The number of carboxylic acids is 1. The molecule has 0 bridgehead atoms. The van der Waals surface area contributed by atoms with Crippen LogP contribution in [0.2, 0.25) is 0 Å². The Balaban J connectivity index is 2.08. The minimum Gasteiger partial charge on any atom is -0.476 e. The van der Waals surface area contributed by atoms with E-state index >= 15 is 0 Å². The van der Waals surface area contributed by atoms with Crippen molar-refractivity contribution in [2.45, 2.75) is 20.8 Å². The Morgan fingerprint density at radius 3 is 2.27 bits per heavy atom. The number of rotatable bonds is 6. The normalized spacial score (nSPS) is 10.5. The summed E-state index contributed by atoms with van der Waals surface area (Å²) >= 11 is 0. The lowest BCUT2D eigenvalue weighted by atomic mass is 10.1. The monoisotopic (exact) mass is 356 g/mol. The number of benzene rings is 1. The van der Waals surface area contributed by atoms with Gasteiger partial charge in [0.15, 0.2) is 5.69 Å². The van der Waals surface area contributed by atoms with Gasteiger partial charge in [-0.25, -0.2) is 14.8 Å². The van der Waals surface area contributed by atoms with Crippen LogP contribution in [-0.4, -0.2) is 39.4 Å². The molecule has 8 heteroatoms. The van der Waals surface area contributed by atoms with E-state index in [9.17, 15) is 14.4 Å². The molecule has 8 nitrogen and oxygen atoms in total. The first-order chi connectivity index (χ1) is 12.3. The van der Waals surface area contributed by atoms with Crippen LogP contribution in [0.1, 0.15) is 50.7 Å². The number of hydrogen-bond donors (Lipinski definition) is 3. The fraction of sp³-hybridized carbons (Fsp3) is 0.278. The molecule has 0 radical (unpaired) electrons. The fourth-order valence-corrected chi connectivity index (χ4v) is 2.09. The smallest absolute Gasteiger partial charge is 0.356 e. The molecule has 0 saturated carbocycles. The number of nitrogens with one attached hydrogen (secondary N) is 2. The molecule has 0 atom stereocenters. The minimum atomic E-state index is -1.22. The van der Waals surface area contributed by atoms with Crippen LogP contribution in [0, 0.1) is 12.8 Å². The predicted molar refractivity (Wildman–Crippen MR) is 95.3 cm³/mol. The van der Waals surface area contributed by atoms with E-state index in [1.807, 2.05) is 13.8 Å². The molecule has 26 heavy (non-hydrogen) atoms. The van der Waals surface area contributed by atoms with Gasteiger partial charge in [0.05, 0.1) is 12.4 Å². The highest BCUT2D eigenvalue weighted by atomic mass is 16.4. The Hall–Kier alpha value is -3.29. The van der Waals surface area contributed by atoms with Crippen LogP contribution in [0.25, 0.3) is 0 Å². The van der Waals surface area contributed by atoms with E-state index < -0.39 is 11.9 Å². The summed E-state index contributed by atoms with van der Waals surface area (Å²) < 4.78 is 0. The summed E-state index contributed by atoms with van der Waals surface area (Å²) in [5.74, 6) is -1.55. The van der Waals surface area contributed by atoms with Gasteiger partial charge in [0.25, 0.3) is 11.8 Å². The molecule has 136 valence electrons. The van der Waals surface area contributed by atoms with E-state index in [1.165, 1.54) is 0 Å². The number of carboxylic acid groups (broad SMARTS) is 1. The van der Waals surface area contributed by atoms with E-state index in [0.29, 0.717) is 29.3 Å². The van der Waals surface area contributed by atoms with Crippen molar-refractivity contribution in [1.82, 2.24) is 15.3 Å². The van der Waals surface area contributed by atoms with Crippen molar-refractivity contribution in [2.75, 3.05) is 11.9 Å². The van der Waals surface area contributed by atoms with Crippen LogP contribution in [0.4, 0.5) is 5.69 Å². The molecule has 3 N–H and O–H groups in total. The Morgan fingerprint density at radius 2 is 1.73 bits per heavy atom. The second-order valence-electron chi connectivity index (χ2n) is 6.18. The lowest BCUT2D eigenvalue weighted by Gasteiger charge is -2.11. The van der Waals surface area contributed by atoms with Crippen molar-refractivity contribution in [1.29, 1.82) is 0 Å². The lowest BCUT2D eigenvalue weighted by molar-refractivity contribution is 0.0689. The molecule has 0 unspecified atom stereocenters. The zero-order valence-electron chi connectivity index (χ0n) is 14.7. The van der Waals surface area contributed by atoms with E-state index in [4.69, 9.17) is 5.11 Å². The number of aryl methyl sites for hydroxylation is 1. The highest BCUT2D eigenvalue weighted by Crippen LogP contribution is 2.17. The van der Waals surface area contributed by atoms with Crippen molar-refractivity contribution < 1.29 is 19.5 Å². The van der Waals surface area contributed by atoms with E-state index in [2.05, 4.69) is 20.6 Å². The van der Waals surface area contributed by atoms with Crippen LogP contribution in [0.15, 0.2) is 30.6 Å². The number of aromatic carboxylic acids is 1. The summed E-state index contributed by atoms with van der Waals surface area (Å²) in [5, 5.41) is 14.3. The first-order valence-corrected chi connectivity index (χ1v) is 8.03. The van der Waals surface area contributed by atoms with Crippen molar-refractivity contribution in [2.24, 2.45) is 5.92 Å². The molecule has 1 aromatic heterocycles. The summed E-state index contributed by atoms with van der Waals surface area (Å²) in [4.78, 5) is 42.5. The molecule has 2 rings (SSSR count). The number of carbonyl (C=O) groups is 3. The third-order valence-corrected chi connectivity index (χ3v) is 3.51. The summed E-state index contributed by atoms with van der Waals surface area (Å²) in [7, 11) is 0. The quantitative estimate of drug-likeness (QED) is 0.729. The summed E-state index contributed by atoms with van der Waals surface area (Å²) in [6.07, 6.45) is 2.12. The lowest BCUT2D eigenvalue weighted by Crippen LogP contribution is -2.27. The van der Waals surface area contributed by atoms with Gasteiger partial charge in [-0.1, -0.05) is 13.8 Å². The van der Waals surface area contributed by atoms with Gasteiger partial charge in [-0.15, -0.1) is 0 Å². The SMILES string of the molecule is Cc1cc(C(=O)NCC(C)C)ccc1NC(=O)c1cnc(C(=O)O)cn1. The first-order valence-electron chi connectivity index (χ1n) is 8.03. The van der Waals surface area contributed by atoms with Crippen LogP contribution in [0.5, 0.6) is 0 Å². The van der Waals surface area contributed by atoms with Crippen molar-refractivity contribution in [3.05, 3.63) is 53.1 Å². The number of carbonyl (C=O) groups excluding carboxylic acids is 2. The van der Waals surface area contributed by atoms with Crippen LogP contribution in [-0.2, 0) is 0 Å². The highest BCUT2D eigenvalue weighted by molar-refractivity contribution is 6.03. The average Bonchev–Trinajstić information content (AvgIpc) is 2.61. The van der Waals surface area contributed by atoms with Crippen LogP contribution >= 0.6 is 0 Å². The van der Waals surface area contributed by atoms with Crippen molar-refractivity contribution in [3.63, 3.8) is 0 Å². The van der Waals surface area contributed by atoms with Gasteiger partial charge >= 0.3 is 5.97 Å². The fourth-order valence-electron chi connectivity index (χ4n) is 2.09. The molecule has 0 aliphatic rings. The summed E-state index contributed by atoms with van der Waals surface area (Å²) in [6.45, 7) is 6.38. The van der Waals surface area contributed by atoms with E-state index in [-0.39, 0.29) is 17.3 Å². The van der Waals surface area contributed by atoms with Crippen molar-refractivity contribution in [3.8, 4) is 0 Å². The van der Waals surface area contributed by atoms with Gasteiger partial charge in [0.2, 0.25) is 0 Å². The van der Waals surface area contributed by atoms with Gasteiger partial charge in [-0.3, -0.25) is 9.59 Å². The molecule has 0 aliphatic heterocycles. The maximum Gasteiger partial charge on any atom is 0.356 e. The Labute approximate surface area is 150 Å². The molecule has 0 saturated heterocycles. The Kier molecular flexibility index (Phi) is 6.00. The van der Waals surface area contributed by atoms with Gasteiger partial charge in [-0.05, 0) is 36.6 Å². The zero-order valence-corrected chi connectivity index (χ0v) is 14.7. The molecule has 1 heterocycles. The second-order valence-corrected chi connectivity index (χ2v) is 6.18. The third-order valence-electron chi connectivity index (χ3n) is 3.51. The summed E-state index contributed by atoms with van der Waals surface area (Å²) in [6, 6.07) is 4.94. The maximum absolute atomic E-state index is 12.2. The zero-order chi connectivity index (χ0) is 19.3. The van der Waals surface area contributed by atoms with E-state index in [0.717, 1.165) is 12.4 Å². The average molecular weight is 356 g/mol. The molecule has 0 spiro atoms. The van der Waals surface area contributed by atoms with Crippen molar-refractivity contribution >= 4 is 23.5 Å². The van der Waals surface area contributed by atoms with Gasteiger partial charge < -0.3 is 15.7 Å². The first kappa shape index (κ1) is 19.0. The number of hydrogen-bond acceptors (Lipinski definition) is 5. The third kappa shape index (κ3) is 4.85. The standard InChI is InChI=1S/C18H20N4O4/c1-10(2)7-21-16(23)12-4-5-13(11(3)6-12)22-17(24)14-8-20-15(9-19-14)18(25)26/h4-6,8-10H,7H2,1-3H3,(H,21,23)(H,22,24)(H,25,26). The molecular weight excluding hydrogens is 336 g/mol. The molecule has 0 aliphatic carbocycles. The van der Waals surface area contributed by atoms with Crippen LogP contribution < -0.4 is 10.6 Å². The Morgan fingerprint density at radius 1 is 1.08 bits per heavy atom. The molecule has 2 amide bonds. The molecule has 2 aromatic rings. The number of anilines is 1. The molecular formula is C18H20N4O4.